The number of aryl methyl sites for hydroxylation is 1. The molecule has 0 N–H and O–H groups in total. The summed E-state index contributed by atoms with van der Waals surface area (Å²) in [5.74, 6) is -1.26. The number of pyridine rings is 1. The van der Waals surface area contributed by atoms with E-state index in [4.69, 9.17) is 21.1 Å². The lowest BCUT2D eigenvalue weighted by molar-refractivity contribution is 0.0474. The van der Waals surface area contributed by atoms with Gasteiger partial charge < -0.3 is 9.47 Å². The summed E-state index contributed by atoms with van der Waals surface area (Å²) in [6.07, 6.45) is 0. The van der Waals surface area contributed by atoms with Gasteiger partial charge in [0.1, 0.15) is 0 Å². The number of hydrogen-bond acceptors (Lipinski definition) is 5. The Morgan fingerprint density at radius 2 is 1.77 bits per heavy atom. The second kappa shape index (κ2) is 6.75. The van der Waals surface area contributed by atoms with Gasteiger partial charge in [-0.15, -0.1) is 0 Å². The predicted molar refractivity (Wildman–Crippen MR) is 83.4 cm³/mol. The summed E-state index contributed by atoms with van der Waals surface area (Å²) in [7, 11) is 0. The fourth-order valence-corrected chi connectivity index (χ4v) is 2.23. The van der Waals surface area contributed by atoms with Crippen molar-refractivity contribution in [3.05, 3.63) is 40.0 Å². The molecule has 0 aliphatic heterocycles. The molecule has 0 aliphatic rings. The van der Waals surface area contributed by atoms with E-state index >= 15 is 0 Å². The van der Waals surface area contributed by atoms with Crippen LogP contribution in [0.4, 0.5) is 0 Å². The zero-order chi connectivity index (χ0) is 16.3. The summed E-state index contributed by atoms with van der Waals surface area (Å²) in [5.41, 5.74) is 1.33. The molecule has 0 bridgehead atoms. The first-order valence-corrected chi connectivity index (χ1v) is 7.31. The van der Waals surface area contributed by atoms with E-state index in [1.807, 2.05) is 0 Å². The van der Waals surface area contributed by atoms with Crippen molar-refractivity contribution in [3.8, 4) is 0 Å². The topological polar surface area (TPSA) is 65.5 Å². The molecule has 0 radical (unpaired) electrons. The van der Waals surface area contributed by atoms with Crippen molar-refractivity contribution in [3.63, 3.8) is 0 Å². The highest BCUT2D eigenvalue weighted by Crippen LogP contribution is 2.26. The summed E-state index contributed by atoms with van der Waals surface area (Å²) in [6, 6.07) is 5.05. The second-order valence-electron chi connectivity index (χ2n) is 4.57. The van der Waals surface area contributed by atoms with Crippen molar-refractivity contribution in [1.82, 2.24) is 4.98 Å². The molecule has 0 amide bonds. The molecule has 1 aromatic heterocycles. The zero-order valence-electron chi connectivity index (χ0n) is 12.6. The Labute approximate surface area is 133 Å². The van der Waals surface area contributed by atoms with E-state index in [0.717, 1.165) is 5.56 Å². The van der Waals surface area contributed by atoms with Crippen molar-refractivity contribution < 1.29 is 19.1 Å². The van der Waals surface area contributed by atoms with Gasteiger partial charge in [0.05, 0.1) is 24.3 Å². The number of rotatable bonds is 4. The standard InChI is InChI=1S/C16H16ClNO4/c1-4-21-15(19)11-8-10-6-7-12(17)9(3)13(10)18-14(11)16(20)22-5-2/h6-8H,4-5H2,1-3H3. The van der Waals surface area contributed by atoms with Crippen molar-refractivity contribution >= 4 is 34.4 Å². The Morgan fingerprint density at radius 3 is 2.41 bits per heavy atom. The largest absolute Gasteiger partial charge is 0.462 e. The number of carbonyl (C=O) groups excluding carboxylic acids is 2. The third kappa shape index (κ3) is 3.04. The average molecular weight is 322 g/mol. The lowest BCUT2D eigenvalue weighted by Crippen LogP contribution is -2.16. The smallest absolute Gasteiger partial charge is 0.357 e. The van der Waals surface area contributed by atoms with Crippen LogP contribution >= 0.6 is 11.6 Å². The third-order valence-electron chi connectivity index (χ3n) is 3.14. The zero-order valence-corrected chi connectivity index (χ0v) is 13.4. The summed E-state index contributed by atoms with van der Waals surface area (Å²) in [4.78, 5) is 28.5. The average Bonchev–Trinajstić information content (AvgIpc) is 2.50. The highest BCUT2D eigenvalue weighted by Gasteiger charge is 2.22. The molecular weight excluding hydrogens is 306 g/mol. The normalized spacial score (nSPS) is 10.5. The van der Waals surface area contributed by atoms with Crippen molar-refractivity contribution in [2.45, 2.75) is 20.8 Å². The van der Waals surface area contributed by atoms with Crippen LogP contribution in [0.25, 0.3) is 10.9 Å². The van der Waals surface area contributed by atoms with Gasteiger partial charge in [-0.25, -0.2) is 14.6 Å². The first-order chi connectivity index (χ1) is 10.5. The van der Waals surface area contributed by atoms with Crippen molar-refractivity contribution in [2.24, 2.45) is 0 Å². The van der Waals surface area contributed by atoms with Crippen molar-refractivity contribution in [2.75, 3.05) is 13.2 Å². The van der Waals surface area contributed by atoms with Crippen LogP contribution in [0.1, 0.15) is 40.3 Å². The maximum atomic E-state index is 12.1. The first kappa shape index (κ1) is 16.2. The molecule has 0 spiro atoms. The molecular formula is C16H16ClNO4. The molecule has 1 heterocycles. The summed E-state index contributed by atoms with van der Waals surface area (Å²) in [6.45, 7) is 5.58. The van der Waals surface area contributed by atoms with Crippen LogP contribution < -0.4 is 0 Å². The number of carbonyl (C=O) groups is 2. The maximum Gasteiger partial charge on any atom is 0.357 e. The van der Waals surface area contributed by atoms with Crippen LogP contribution in [0.5, 0.6) is 0 Å². The van der Waals surface area contributed by atoms with Crippen LogP contribution in [-0.2, 0) is 9.47 Å². The number of ether oxygens (including phenoxy) is 2. The number of aromatic nitrogens is 1. The van der Waals surface area contributed by atoms with Crippen LogP contribution in [0.2, 0.25) is 5.02 Å². The Bertz CT molecular complexity index is 742. The highest BCUT2D eigenvalue weighted by atomic mass is 35.5. The lowest BCUT2D eigenvalue weighted by atomic mass is 10.1. The van der Waals surface area contributed by atoms with E-state index in [2.05, 4.69) is 4.98 Å². The van der Waals surface area contributed by atoms with E-state index in [9.17, 15) is 9.59 Å². The van der Waals surface area contributed by atoms with E-state index in [-0.39, 0.29) is 24.5 Å². The molecule has 0 atom stereocenters. The number of hydrogen-bond donors (Lipinski definition) is 0. The van der Waals surface area contributed by atoms with E-state index in [1.165, 1.54) is 0 Å². The molecule has 2 aromatic rings. The van der Waals surface area contributed by atoms with Crippen LogP contribution in [0, 0.1) is 6.92 Å². The Balaban J connectivity index is 2.70. The molecule has 0 aliphatic carbocycles. The van der Waals surface area contributed by atoms with Gasteiger partial charge in [-0.05, 0) is 38.5 Å². The van der Waals surface area contributed by atoms with Gasteiger partial charge in [-0.2, -0.15) is 0 Å². The number of nitrogens with zero attached hydrogens (tertiary/aromatic N) is 1. The molecule has 1 aromatic carbocycles. The molecule has 116 valence electrons. The predicted octanol–water partition coefficient (Wildman–Crippen LogP) is 3.55. The third-order valence-corrected chi connectivity index (χ3v) is 3.55. The van der Waals surface area contributed by atoms with Crippen LogP contribution in [0.15, 0.2) is 18.2 Å². The minimum absolute atomic E-state index is 0.0573. The van der Waals surface area contributed by atoms with Gasteiger partial charge >= 0.3 is 11.9 Å². The Hall–Kier alpha value is -2.14. The number of benzene rings is 1. The molecule has 0 fully saturated rings. The fraction of sp³-hybridized carbons (Fsp3) is 0.312. The molecule has 22 heavy (non-hydrogen) atoms. The van der Waals surface area contributed by atoms with E-state index < -0.39 is 11.9 Å². The van der Waals surface area contributed by atoms with E-state index in [1.54, 1.807) is 39.0 Å². The minimum Gasteiger partial charge on any atom is -0.462 e. The number of fused-ring (bicyclic) bond motifs is 1. The SMILES string of the molecule is CCOC(=O)c1cc2ccc(Cl)c(C)c2nc1C(=O)OCC. The van der Waals surface area contributed by atoms with Gasteiger partial charge in [0.15, 0.2) is 5.69 Å². The second-order valence-corrected chi connectivity index (χ2v) is 4.98. The molecule has 0 saturated carbocycles. The highest BCUT2D eigenvalue weighted by molar-refractivity contribution is 6.32. The van der Waals surface area contributed by atoms with Gasteiger partial charge in [0, 0.05) is 10.4 Å². The Kier molecular flexibility index (Phi) is 4.98. The molecule has 6 heteroatoms. The summed E-state index contributed by atoms with van der Waals surface area (Å²) in [5, 5.41) is 1.25. The van der Waals surface area contributed by atoms with Crippen LogP contribution in [0.3, 0.4) is 0 Å². The number of halogens is 1. The van der Waals surface area contributed by atoms with Gasteiger partial charge in [-0.1, -0.05) is 17.7 Å². The minimum atomic E-state index is -0.660. The first-order valence-electron chi connectivity index (χ1n) is 6.93. The van der Waals surface area contributed by atoms with Gasteiger partial charge in [-0.3, -0.25) is 0 Å². The molecule has 2 rings (SSSR count). The summed E-state index contributed by atoms with van der Waals surface area (Å²) >= 11 is 6.08. The monoisotopic (exact) mass is 321 g/mol. The molecule has 0 saturated heterocycles. The summed E-state index contributed by atoms with van der Waals surface area (Å²) < 4.78 is 9.96. The number of esters is 2. The maximum absolute atomic E-state index is 12.1. The van der Waals surface area contributed by atoms with Gasteiger partial charge in [0.2, 0.25) is 0 Å². The molecule has 0 unspecified atom stereocenters. The van der Waals surface area contributed by atoms with Gasteiger partial charge in [0.25, 0.3) is 0 Å². The quantitative estimate of drug-likeness (QED) is 0.806. The fourth-order valence-electron chi connectivity index (χ4n) is 2.08. The van der Waals surface area contributed by atoms with Crippen LogP contribution in [-0.4, -0.2) is 30.1 Å². The Morgan fingerprint density at radius 1 is 1.14 bits per heavy atom. The van der Waals surface area contributed by atoms with Crippen molar-refractivity contribution in [1.29, 1.82) is 0 Å². The lowest BCUT2D eigenvalue weighted by Gasteiger charge is -2.11. The van der Waals surface area contributed by atoms with E-state index in [0.29, 0.717) is 15.9 Å². The molecule has 5 nitrogen and oxygen atoms in total.